The van der Waals surface area contributed by atoms with Gasteiger partial charge in [0.05, 0.1) is 10.6 Å². The van der Waals surface area contributed by atoms with Gasteiger partial charge in [-0.05, 0) is 52.7 Å². The number of piperazine rings is 1. The predicted octanol–water partition coefficient (Wildman–Crippen LogP) is 5.43. The second kappa shape index (κ2) is 11.2. The first-order valence-electron chi connectivity index (χ1n) is 10.4. The van der Waals surface area contributed by atoms with Crippen LogP contribution in [0.2, 0.25) is 5.02 Å². The molecule has 3 aromatic rings. The molecular weight excluding hydrogens is 464 g/mol. The smallest absolute Gasteiger partial charge is 0.307 e. The third-order valence-corrected chi connectivity index (χ3v) is 7.59. The summed E-state index contributed by atoms with van der Waals surface area (Å²) in [5.41, 5.74) is 2.85. The molecule has 0 radical (unpaired) electrons. The zero-order valence-corrected chi connectivity index (χ0v) is 20.0. The summed E-state index contributed by atoms with van der Waals surface area (Å²) in [7, 11) is 0. The van der Waals surface area contributed by atoms with Crippen LogP contribution in [0.25, 0.3) is 0 Å². The molecule has 1 aliphatic heterocycles. The van der Waals surface area contributed by atoms with E-state index in [1.165, 1.54) is 4.21 Å². The van der Waals surface area contributed by atoms with Crippen molar-refractivity contribution >= 4 is 40.9 Å². The lowest BCUT2D eigenvalue weighted by Gasteiger charge is -2.33. The number of ether oxygens (including phenoxy) is 1. The number of carboxylic acids is 1. The van der Waals surface area contributed by atoms with Gasteiger partial charge in [-0.3, -0.25) is 9.69 Å². The van der Waals surface area contributed by atoms with Crippen LogP contribution in [-0.4, -0.2) is 46.5 Å². The van der Waals surface area contributed by atoms with Crippen molar-refractivity contribution < 1.29 is 14.6 Å². The van der Waals surface area contributed by atoms with Crippen LogP contribution in [0.1, 0.15) is 16.7 Å². The Balaban J connectivity index is 1.40. The summed E-state index contributed by atoms with van der Waals surface area (Å²) in [5.74, 6) is -0.0329. The maximum Gasteiger partial charge on any atom is 0.307 e. The average Bonchev–Trinajstić information content (AvgIpc) is 3.28. The molecule has 2 heterocycles. The zero-order chi connectivity index (χ0) is 22.3. The van der Waals surface area contributed by atoms with Gasteiger partial charge < -0.3 is 9.84 Å². The largest absolute Gasteiger partial charge is 0.489 e. The number of hydrogen-bond donors (Lipinski definition) is 1. The molecule has 0 saturated carbocycles. The topological polar surface area (TPSA) is 53.0 Å². The first-order valence-corrected chi connectivity index (χ1v) is 12.5. The van der Waals surface area contributed by atoms with E-state index in [9.17, 15) is 9.90 Å². The second-order valence-corrected chi connectivity index (χ2v) is 10.4. The van der Waals surface area contributed by atoms with Crippen LogP contribution < -0.4 is 4.74 Å². The molecule has 0 unspecified atom stereocenters. The molecule has 1 aromatic heterocycles. The van der Waals surface area contributed by atoms with Gasteiger partial charge in [0.25, 0.3) is 0 Å². The highest BCUT2D eigenvalue weighted by Gasteiger charge is 2.20. The van der Waals surface area contributed by atoms with E-state index < -0.39 is 5.97 Å². The molecule has 32 heavy (non-hydrogen) atoms. The number of aliphatic carboxylic acids is 1. The third-order valence-electron chi connectivity index (χ3n) is 5.23. The van der Waals surface area contributed by atoms with E-state index in [0.29, 0.717) is 11.6 Å². The fourth-order valence-electron chi connectivity index (χ4n) is 3.59. The Morgan fingerprint density at radius 1 is 1.06 bits per heavy atom. The van der Waals surface area contributed by atoms with Gasteiger partial charge >= 0.3 is 5.97 Å². The second-order valence-electron chi connectivity index (χ2n) is 7.66. The molecule has 8 heteroatoms. The highest BCUT2D eigenvalue weighted by molar-refractivity contribution is 7.98. The lowest BCUT2D eigenvalue weighted by molar-refractivity contribution is -0.136. The minimum Gasteiger partial charge on any atom is -0.489 e. The van der Waals surface area contributed by atoms with Crippen LogP contribution in [0, 0.1) is 0 Å². The number of carbonyl (C=O) groups is 1. The maximum atomic E-state index is 11.2. The molecule has 0 aliphatic carbocycles. The standard InChI is InChI=1S/C24H25ClN2O3S2/c25-21-6-3-18(4-7-21)17-30-22-8-5-19(15-23(28)29)14-20(22)16-26-9-11-27(12-10-26)32-24-2-1-13-31-24/h1-8,13-14H,9-12,15-17H2,(H,28,29). The minimum absolute atomic E-state index is 0.00962. The summed E-state index contributed by atoms with van der Waals surface area (Å²) in [6, 6.07) is 17.5. The van der Waals surface area contributed by atoms with Gasteiger partial charge in [0.2, 0.25) is 0 Å². The van der Waals surface area contributed by atoms with Crippen LogP contribution in [-0.2, 0) is 24.4 Å². The number of rotatable bonds is 9. The molecular formula is C24H25ClN2O3S2. The summed E-state index contributed by atoms with van der Waals surface area (Å²) < 4.78 is 9.85. The van der Waals surface area contributed by atoms with Crippen LogP contribution in [0.4, 0.5) is 0 Å². The molecule has 0 spiro atoms. The van der Waals surface area contributed by atoms with Crippen molar-refractivity contribution in [1.29, 1.82) is 0 Å². The number of benzene rings is 2. The summed E-state index contributed by atoms with van der Waals surface area (Å²) in [5, 5.41) is 12.0. The van der Waals surface area contributed by atoms with Crippen molar-refractivity contribution in [3.05, 3.63) is 81.7 Å². The predicted molar refractivity (Wildman–Crippen MR) is 131 cm³/mol. The minimum atomic E-state index is -0.829. The maximum absolute atomic E-state index is 11.2. The Kier molecular flexibility index (Phi) is 8.10. The fraction of sp³-hybridized carbons (Fsp3) is 0.292. The fourth-order valence-corrected chi connectivity index (χ4v) is 5.56. The van der Waals surface area contributed by atoms with Gasteiger partial charge in [0.1, 0.15) is 12.4 Å². The van der Waals surface area contributed by atoms with Crippen LogP contribution in [0.5, 0.6) is 5.75 Å². The van der Waals surface area contributed by atoms with Gasteiger partial charge in [0, 0.05) is 43.3 Å². The van der Waals surface area contributed by atoms with Crippen LogP contribution >= 0.6 is 34.9 Å². The van der Waals surface area contributed by atoms with Crippen LogP contribution in [0.3, 0.4) is 0 Å². The molecule has 0 atom stereocenters. The summed E-state index contributed by atoms with van der Waals surface area (Å²) in [4.78, 5) is 13.6. The number of hydrogen-bond acceptors (Lipinski definition) is 6. The number of nitrogens with zero attached hydrogens (tertiary/aromatic N) is 2. The van der Waals surface area contributed by atoms with Crippen molar-refractivity contribution in [1.82, 2.24) is 9.21 Å². The molecule has 0 amide bonds. The molecule has 1 fully saturated rings. The zero-order valence-electron chi connectivity index (χ0n) is 17.6. The van der Waals surface area contributed by atoms with E-state index in [4.69, 9.17) is 16.3 Å². The number of halogens is 1. The molecule has 2 aromatic carbocycles. The number of thiophene rings is 1. The summed E-state index contributed by atoms with van der Waals surface area (Å²) in [6.45, 7) is 5.06. The van der Waals surface area contributed by atoms with Crippen molar-refractivity contribution in [3.8, 4) is 5.75 Å². The SMILES string of the molecule is O=C(O)Cc1ccc(OCc2ccc(Cl)cc2)c(CN2CCN(Sc3cccs3)CC2)c1. The van der Waals surface area contributed by atoms with Crippen molar-refractivity contribution in [3.63, 3.8) is 0 Å². The Morgan fingerprint density at radius 3 is 2.50 bits per heavy atom. The summed E-state index contributed by atoms with van der Waals surface area (Å²) >= 11 is 9.57. The van der Waals surface area contributed by atoms with E-state index in [1.807, 2.05) is 54.4 Å². The first kappa shape index (κ1) is 23.1. The lowest BCUT2D eigenvalue weighted by atomic mass is 10.1. The first-order chi connectivity index (χ1) is 15.5. The lowest BCUT2D eigenvalue weighted by Crippen LogP contribution is -2.42. The monoisotopic (exact) mass is 488 g/mol. The Bertz CT molecular complexity index is 1020. The molecule has 5 nitrogen and oxygen atoms in total. The van der Waals surface area contributed by atoms with Gasteiger partial charge in [-0.2, -0.15) is 0 Å². The van der Waals surface area contributed by atoms with Crippen molar-refractivity contribution in [2.24, 2.45) is 0 Å². The third kappa shape index (κ3) is 6.73. The van der Waals surface area contributed by atoms with E-state index in [0.717, 1.165) is 55.2 Å². The van der Waals surface area contributed by atoms with E-state index in [-0.39, 0.29) is 6.42 Å². The number of carboxylic acid groups (broad SMARTS) is 1. The average molecular weight is 489 g/mol. The van der Waals surface area contributed by atoms with Crippen LogP contribution in [0.15, 0.2) is 64.2 Å². The van der Waals surface area contributed by atoms with E-state index in [2.05, 4.69) is 26.7 Å². The highest BCUT2D eigenvalue weighted by atomic mass is 35.5. The normalized spacial score (nSPS) is 15.0. The van der Waals surface area contributed by atoms with Gasteiger partial charge in [-0.25, -0.2) is 4.31 Å². The van der Waals surface area contributed by atoms with Gasteiger partial charge in [0.15, 0.2) is 0 Å². The van der Waals surface area contributed by atoms with Crippen molar-refractivity contribution in [2.75, 3.05) is 26.2 Å². The molecule has 168 valence electrons. The quantitative estimate of drug-likeness (QED) is 0.405. The Labute approximate surface area is 201 Å². The van der Waals surface area contributed by atoms with Gasteiger partial charge in [-0.15, -0.1) is 11.3 Å². The molecule has 0 bridgehead atoms. The summed E-state index contributed by atoms with van der Waals surface area (Å²) in [6.07, 6.45) is 0.00962. The van der Waals surface area contributed by atoms with Gasteiger partial charge in [-0.1, -0.05) is 41.9 Å². The molecule has 4 rings (SSSR count). The molecule has 1 N–H and O–H groups in total. The Morgan fingerprint density at radius 2 is 1.81 bits per heavy atom. The molecule has 1 saturated heterocycles. The van der Waals surface area contributed by atoms with E-state index in [1.54, 1.807) is 11.3 Å². The van der Waals surface area contributed by atoms with Crippen molar-refractivity contribution in [2.45, 2.75) is 23.8 Å². The Hall–Kier alpha value is -2.03. The highest BCUT2D eigenvalue weighted by Crippen LogP contribution is 2.29. The van der Waals surface area contributed by atoms with E-state index >= 15 is 0 Å². The molecule has 1 aliphatic rings.